The summed E-state index contributed by atoms with van der Waals surface area (Å²) in [5.41, 5.74) is -0.0779. The Hall–Kier alpha value is -0.600. The molecule has 0 aliphatic carbocycles. The lowest BCUT2D eigenvalue weighted by Gasteiger charge is -2.27. The molecule has 0 aromatic heterocycles. The van der Waals surface area contributed by atoms with E-state index >= 15 is 0 Å². The Bertz CT molecular complexity index is 547. The number of urea groups is 1. The maximum Gasteiger partial charge on any atom is 0.326 e. The van der Waals surface area contributed by atoms with Crippen LogP contribution in [0.3, 0.4) is 0 Å². The van der Waals surface area contributed by atoms with E-state index in [2.05, 4.69) is 58.4 Å². The molecule has 0 spiro atoms. The molecule has 5 nitrogen and oxygen atoms in total. The van der Waals surface area contributed by atoms with Crippen molar-refractivity contribution in [3.63, 3.8) is 0 Å². The van der Waals surface area contributed by atoms with Crippen LogP contribution < -0.4 is 10.6 Å². The molecule has 0 saturated carbocycles. The van der Waals surface area contributed by atoms with Crippen LogP contribution in [0.15, 0.2) is 25.6 Å². The number of aliphatic carboxylic acids is 1. The first-order valence-corrected chi connectivity index (χ1v) is 8.35. The van der Waals surface area contributed by atoms with Gasteiger partial charge in [0.15, 0.2) is 0 Å². The van der Waals surface area contributed by atoms with Gasteiger partial charge in [0.25, 0.3) is 0 Å². The van der Waals surface area contributed by atoms with E-state index in [1.54, 1.807) is 32.9 Å². The molecule has 1 atom stereocenters. The highest BCUT2D eigenvalue weighted by atomic mass is 79.9. The zero-order valence-electron chi connectivity index (χ0n) is 11.6. The molecule has 21 heavy (non-hydrogen) atoms. The van der Waals surface area contributed by atoms with Gasteiger partial charge in [0, 0.05) is 13.4 Å². The minimum absolute atomic E-state index is 0.522. The van der Waals surface area contributed by atoms with Crippen molar-refractivity contribution in [2.24, 2.45) is 5.41 Å². The second-order valence-electron chi connectivity index (χ2n) is 5.48. The highest BCUT2D eigenvalue weighted by Crippen LogP contribution is 2.34. The summed E-state index contributed by atoms with van der Waals surface area (Å²) in [6.45, 7) is 5.24. The van der Waals surface area contributed by atoms with Gasteiger partial charge in [-0.2, -0.15) is 0 Å². The summed E-state index contributed by atoms with van der Waals surface area (Å²) < 4.78 is 2.17. The van der Waals surface area contributed by atoms with E-state index in [1.807, 2.05) is 0 Å². The normalized spacial score (nSPS) is 12.7. The quantitative estimate of drug-likeness (QED) is 0.584. The van der Waals surface area contributed by atoms with Crippen LogP contribution in [0.4, 0.5) is 10.5 Å². The molecule has 0 saturated heterocycles. The number of amides is 2. The third kappa shape index (κ3) is 5.27. The van der Waals surface area contributed by atoms with Gasteiger partial charge in [-0.25, -0.2) is 9.59 Å². The Balaban J connectivity index is 2.90. The number of benzene rings is 1. The number of carbonyl (C=O) groups excluding carboxylic acids is 1. The highest BCUT2D eigenvalue weighted by molar-refractivity contribution is 9.11. The van der Waals surface area contributed by atoms with Crippen molar-refractivity contribution in [2.75, 3.05) is 5.32 Å². The first-order chi connectivity index (χ1) is 9.52. The third-order valence-electron chi connectivity index (χ3n) is 2.63. The maximum atomic E-state index is 12.0. The molecule has 0 unspecified atom stereocenters. The predicted octanol–water partition coefficient (Wildman–Crippen LogP) is 4.59. The van der Waals surface area contributed by atoms with Gasteiger partial charge in [0.2, 0.25) is 0 Å². The predicted molar refractivity (Wildman–Crippen MR) is 92.6 cm³/mol. The van der Waals surface area contributed by atoms with Crippen molar-refractivity contribution in [3.8, 4) is 0 Å². The molecule has 0 aliphatic rings. The van der Waals surface area contributed by atoms with Gasteiger partial charge >= 0.3 is 12.0 Å². The number of hydrogen-bond acceptors (Lipinski definition) is 2. The van der Waals surface area contributed by atoms with Crippen LogP contribution in [0.2, 0.25) is 0 Å². The summed E-state index contributed by atoms with van der Waals surface area (Å²) in [5.74, 6) is -1.08. The maximum absolute atomic E-state index is 12.0. The van der Waals surface area contributed by atoms with Gasteiger partial charge in [0.1, 0.15) is 6.04 Å². The van der Waals surface area contributed by atoms with E-state index in [9.17, 15) is 14.7 Å². The molecule has 0 bridgehead atoms. The van der Waals surface area contributed by atoms with Gasteiger partial charge in [-0.05, 0) is 49.4 Å². The van der Waals surface area contributed by atoms with Crippen LogP contribution >= 0.6 is 47.8 Å². The van der Waals surface area contributed by atoms with E-state index in [-0.39, 0.29) is 0 Å². The largest absolute Gasteiger partial charge is 0.480 e. The molecular formula is C13H15Br3N2O3. The lowest BCUT2D eigenvalue weighted by Crippen LogP contribution is -2.50. The number of halogens is 3. The smallest absolute Gasteiger partial charge is 0.326 e. The van der Waals surface area contributed by atoms with Crippen molar-refractivity contribution in [3.05, 3.63) is 25.6 Å². The Morgan fingerprint density at radius 2 is 1.62 bits per heavy atom. The highest BCUT2D eigenvalue weighted by Gasteiger charge is 2.32. The molecule has 2 amide bonds. The summed E-state index contributed by atoms with van der Waals surface area (Å²) >= 11 is 10.0. The molecule has 0 radical (unpaired) electrons. The van der Waals surface area contributed by atoms with Crippen molar-refractivity contribution in [1.29, 1.82) is 0 Å². The average Bonchev–Trinajstić information content (AvgIpc) is 2.28. The first-order valence-electron chi connectivity index (χ1n) is 5.97. The fourth-order valence-corrected chi connectivity index (χ4v) is 4.05. The van der Waals surface area contributed by atoms with Gasteiger partial charge < -0.3 is 15.7 Å². The monoisotopic (exact) mass is 484 g/mol. The summed E-state index contributed by atoms with van der Waals surface area (Å²) in [6, 6.07) is 1.98. The SMILES string of the molecule is CC(C)(C)[C@H](NC(=O)Nc1c(Br)cc(Br)cc1Br)C(=O)O. The van der Waals surface area contributed by atoms with Crippen molar-refractivity contribution < 1.29 is 14.7 Å². The van der Waals surface area contributed by atoms with Crippen molar-refractivity contribution in [2.45, 2.75) is 26.8 Å². The number of rotatable bonds is 3. The molecule has 0 aliphatic heterocycles. The van der Waals surface area contributed by atoms with Gasteiger partial charge in [0.05, 0.1) is 5.69 Å². The van der Waals surface area contributed by atoms with Crippen LogP contribution in [0.25, 0.3) is 0 Å². The number of anilines is 1. The van der Waals surface area contributed by atoms with Crippen molar-refractivity contribution >= 4 is 65.5 Å². The molecule has 1 rings (SSSR count). The minimum Gasteiger partial charge on any atom is -0.480 e. The first kappa shape index (κ1) is 18.4. The van der Waals surface area contributed by atoms with E-state index in [0.29, 0.717) is 14.6 Å². The zero-order chi connectivity index (χ0) is 16.4. The molecule has 1 aromatic carbocycles. The van der Waals surface area contributed by atoms with Crippen LogP contribution in [0, 0.1) is 5.41 Å². The van der Waals surface area contributed by atoms with E-state index in [0.717, 1.165) is 4.47 Å². The topological polar surface area (TPSA) is 78.4 Å². The summed E-state index contributed by atoms with van der Waals surface area (Å²) in [4.78, 5) is 23.3. The standard InChI is InChI=1S/C13H15Br3N2O3/c1-13(2,3)10(11(19)20)18-12(21)17-9-7(15)4-6(14)5-8(9)16/h4-5,10H,1-3H3,(H,19,20)(H2,17,18,21)/t10-/m1/s1. The lowest BCUT2D eigenvalue weighted by atomic mass is 9.87. The van der Waals surface area contributed by atoms with E-state index < -0.39 is 23.5 Å². The van der Waals surface area contributed by atoms with E-state index in [4.69, 9.17) is 0 Å². The number of carboxylic acid groups (broad SMARTS) is 1. The number of carbonyl (C=O) groups is 2. The molecule has 8 heteroatoms. The Labute approximate surface area is 148 Å². The van der Waals surface area contributed by atoms with Crippen molar-refractivity contribution in [1.82, 2.24) is 5.32 Å². The van der Waals surface area contributed by atoms with Crippen LogP contribution in [0.1, 0.15) is 20.8 Å². The molecular weight excluding hydrogens is 472 g/mol. The molecule has 116 valence electrons. The third-order valence-corrected chi connectivity index (χ3v) is 4.34. The lowest BCUT2D eigenvalue weighted by molar-refractivity contribution is -0.141. The summed E-state index contributed by atoms with van der Waals surface area (Å²) in [7, 11) is 0. The second kappa shape index (κ2) is 7.11. The molecule has 0 fully saturated rings. The Morgan fingerprint density at radius 3 is 2.00 bits per heavy atom. The van der Waals surface area contributed by atoms with Gasteiger partial charge in [-0.3, -0.25) is 0 Å². The number of hydrogen-bond donors (Lipinski definition) is 3. The van der Waals surface area contributed by atoms with E-state index in [1.165, 1.54) is 0 Å². The molecule has 1 aromatic rings. The summed E-state index contributed by atoms with van der Waals surface area (Å²) in [5, 5.41) is 14.3. The Kier molecular flexibility index (Phi) is 6.24. The van der Waals surface area contributed by atoms with Crippen LogP contribution in [0.5, 0.6) is 0 Å². The van der Waals surface area contributed by atoms with Crippen LogP contribution in [-0.2, 0) is 4.79 Å². The zero-order valence-corrected chi connectivity index (χ0v) is 16.4. The van der Waals surface area contributed by atoms with Gasteiger partial charge in [-0.1, -0.05) is 36.7 Å². The Morgan fingerprint density at radius 1 is 1.14 bits per heavy atom. The number of nitrogens with one attached hydrogen (secondary N) is 2. The fraction of sp³-hybridized carbons (Fsp3) is 0.385. The molecule has 3 N–H and O–H groups in total. The molecule has 0 heterocycles. The average molecular weight is 487 g/mol. The minimum atomic E-state index is -1.08. The summed E-state index contributed by atoms with van der Waals surface area (Å²) in [6.07, 6.45) is 0. The second-order valence-corrected chi connectivity index (χ2v) is 8.10. The fourth-order valence-electron chi connectivity index (χ4n) is 1.59. The number of carboxylic acids is 1. The van der Waals surface area contributed by atoms with Crippen LogP contribution in [-0.4, -0.2) is 23.1 Å². The van der Waals surface area contributed by atoms with Gasteiger partial charge in [-0.15, -0.1) is 0 Å².